The van der Waals surface area contributed by atoms with Gasteiger partial charge in [0, 0.05) is 23.0 Å². The summed E-state index contributed by atoms with van der Waals surface area (Å²) in [6, 6.07) is 9.00. The molecule has 0 saturated heterocycles. The van der Waals surface area contributed by atoms with Crippen molar-refractivity contribution < 1.29 is 13.5 Å². The summed E-state index contributed by atoms with van der Waals surface area (Å²) in [6.07, 6.45) is -0.237. The Labute approximate surface area is 126 Å². The van der Waals surface area contributed by atoms with Crippen molar-refractivity contribution in [2.75, 3.05) is 7.05 Å². The highest BCUT2D eigenvalue weighted by atomic mass is 35.5. The molecule has 110 valence electrons. The second kappa shape index (κ2) is 5.62. The lowest BCUT2D eigenvalue weighted by Crippen LogP contribution is -2.27. The van der Waals surface area contributed by atoms with Crippen molar-refractivity contribution in [3.05, 3.63) is 64.2 Å². The zero-order valence-electron chi connectivity index (χ0n) is 11.4. The fourth-order valence-corrected chi connectivity index (χ4v) is 2.89. The summed E-state index contributed by atoms with van der Waals surface area (Å²) in [5, 5.41) is 3.75. The molecule has 5 heteroatoms. The van der Waals surface area contributed by atoms with Crippen molar-refractivity contribution in [1.29, 1.82) is 0 Å². The first-order valence-corrected chi connectivity index (χ1v) is 7.05. The van der Waals surface area contributed by atoms with Gasteiger partial charge < -0.3 is 10.1 Å². The van der Waals surface area contributed by atoms with E-state index in [1.165, 1.54) is 18.2 Å². The molecular weight excluding hydrogens is 296 g/mol. The zero-order valence-corrected chi connectivity index (χ0v) is 12.1. The fraction of sp³-hybridized carbons (Fsp3) is 0.250. The highest BCUT2D eigenvalue weighted by Crippen LogP contribution is 2.42. The van der Waals surface area contributed by atoms with Gasteiger partial charge in [-0.05, 0) is 37.4 Å². The van der Waals surface area contributed by atoms with Gasteiger partial charge in [0.2, 0.25) is 0 Å². The van der Waals surface area contributed by atoms with Gasteiger partial charge in [-0.25, -0.2) is 8.78 Å². The van der Waals surface area contributed by atoms with Gasteiger partial charge in [-0.3, -0.25) is 0 Å². The lowest BCUT2D eigenvalue weighted by molar-refractivity contribution is 0.145. The predicted molar refractivity (Wildman–Crippen MR) is 77.6 cm³/mol. The molecule has 2 atom stereocenters. The third-order valence-electron chi connectivity index (χ3n) is 3.74. The molecule has 0 fully saturated rings. The number of hydrogen-bond acceptors (Lipinski definition) is 2. The van der Waals surface area contributed by atoms with Crippen molar-refractivity contribution in [2.24, 2.45) is 0 Å². The van der Waals surface area contributed by atoms with Gasteiger partial charge in [-0.15, -0.1) is 0 Å². The first-order chi connectivity index (χ1) is 10.1. The molecule has 2 aromatic rings. The molecule has 2 unspecified atom stereocenters. The van der Waals surface area contributed by atoms with Crippen LogP contribution in [0.2, 0.25) is 5.02 Å². The Hall–Kier alpha value is -1.65. The van der Waals surface area contributed by atoms with Crippen molar-refractivity contribution in [3.8, 4) is 5.75 Å². The maximum absolute atomic E-state index is 13.9. The lowest BCUT2D eigenvalue weighted by Gasteiger charge is -2.32. The summed E-state index contributed by atoms with van der Waals surface area (Å²) in [7, 11) is 1.80. The van der Waals surface area contributed by atoms with E-state index in [0.717, 1.165) is 5.56 Å². The van der Waals surface area contributed by atoms with E-state index in [9.17, 15) is 8.78 Å². The van der Waals surface area contributed by atoms with Crippen LogP contribution >= 0.6 is 11.6 Å². The van der Waals surface area contributed by atoms with Gasteiger partial charge in [-0.1, -0.05) is 17.7 Å². The maximum Gasteiger partial charge on any atom is 0.133 e. The van der Waals surface area contributed by atoms with Crippen LogP contribution in [0.25, 0.3) is 0 Å². The van der Waals surface area contributed by atoms with Crippen LogP contribution in [0.5, 0.6) is 5.75 Å². The molecule has 21 heavy (non-hydrogen) atoms. The summed E-state index contributed by atoms with van der Waals surface area (Å²) >= 11 is 6.00. The number of rotatable bonds is 2. The molecule has 0 aromatic heterocycles. The molecule has 1 N–H and O–H groups in total. The topological polar surface area (TPSA) is 21.3 Å². The summed E-state index contributed by atoms with van der Waals surface area (Å²) in [5.41, 5.74) is 0.872. The Bertz CT molecular complexity index is 657. The largest absolute Gasteiger partial charge is 0.485 e. The molecule has 1 aliphatic heterocycles. The molecule has 0 radical (unpaired) electrons. The molecular formula is C16H14ClF2NO. The van der Waals surface area contributed by atoms with Crippen LogP contribution in [0.4, 0.5) is 8.78 Å². The molecule has 0 bridgehead atoms. The number of nitrogens with one attached hydrogen (secondary N) is 1. The Morgan fingerprint density at radius 1 is 1.19 bits per heavy atom. The smallest absolute Gasteiger partial charge is 0.133 e. The van der Waals surface area contributed by atoms with Crippen LogP contribution in [-0.4, -0.2) is 7.05 Å². The van der Waals surface area contributed by atoms with Crippen molar-refractivity contribution in [1.82, 2.24) is 5.32 Å². The van der Waals surface area contributed by atoms with E-state index >= 15 is 0 Å². The van der Waals surface area contributed by atoms with E-state index in [4.69, 9.17) is 16.3 Å². The summed E-state index contributed by atoms with van der Waals surface area (Å²) < 4.78 is 33.7. The van der Waals surface area contributed by atoms with Crippen LogP contribution in [0, 0.1) is 11.6 Å². The fourth-order valence-electron chi connectivity index (χ4n) is 2.71. The quantitative estimate of drug-likeness (QED) is 0.887. The number of ether oxygens (including phenoxy) is 1. The average molecular weight is 310 g/mol. The average Bonchev–Trinajstić information content (AvgIpc) is 2.46. The minimum absolute atomic E-state index is 0.0293. The first kappa shape index (κ1) is 14.3. The van der Waals surface area contributed by atoms with Crippen molar-refractivity contribution in [2.45, 2.75) is 18.6 Å². The second-order valence-electron chi connectivity index (χ2n) is 5.00. The van der Waals surface area contributed by atoms with Crippen molar-refractivity contribution in [3.63, 3.8) is 0 Å². The highest BCUT2D eigenvalue weighted by molar-refractivity contribution is 6.30. The van der Waals surface area contributed by atoms with Crippen LogP contribution in [0.3, 0.4) is 0 Å². The SMILES string of the molecule is CNC1CC(c2c(F)cccc2F)Oc2ccc(Cl)cc21. The Kier molecular flexibility index (Phi) is 3.83. The molecule has 2 nitrogen and oxygen atoms in total. The third kappa shape index (κ3) is 2.61. The lowest BCUT2D eigenvalue weighted by atomic mass is 9.92. The van der Waals surface area contributed by atoms with E-state index in [1.54, 1.807) is 19.2 Å². The normalized spacial score (nSPS) is 20.8. The molecule has 0 amide bonds. The van der Waals surface area contributed by atoms with Crippen LogP contribution in [0.15, 0.2) is 36.4 Å². The molecule has 1 aliphatic rings. The number of halogens is 3. The second-order valence-corrected chi connectivity index (χ2v) is 5.44. The van der Waals surface area contributed by atoms with E-state index in [2.05, 4.69) is 5.32 Å². The minimum Gasteiger partial charge on any atom is -0.485 e. The predicted octanol–water partition coefficient (Wildman–Crippen LogP) is 4.40. The Balaban J connectivity index is 2.03. The first-order valence-electron chi connectivity index (χ1n) is 6.67. The Morgan fingerprint density at radius 2 is 1.90 bits per heavy atom. The molecule has 2 aromatic carbocycles. The van der Waals surface area contributed by atoms with E-state index in [0.29, 0.717) is 17.2 Å². The maximum atomic E-state index is 13.9. The standard InChI is InChI=1S/C16H14ClF2NO/c1-20-13-8-15(16-11(18)3-2-4-12(16)19)21-14-6-5-9(17)7-10(13)14/h2-7,13,15,20H,8H2,1H3. The summed E-state index contributed by atoms with van der Waals surface area (Å²) in [6.45, 7) is 0. The summed E-state index contributed by atoms with van der Waals surface area (Å²) in [5.74, 6) is -0.586. The molecule has 0 spiro atoms. The van der Waals surface area contributed by atoms with Crippen molar-refractivity contribution >= 4 is 11.6 Å². The van der Waals surface area contributed by atoms with Crippen LogP contribution in [-0.2, 0) is 0 Å². The van der Waals surface area contributed by atoms with E-state index in [-0.39, 0.29) is 11.6 Å². The summed E-state index contributed by atoms with van der Waals surface area (Å²) in [4.78, 5) is 0. The van der Waals surface area contributed by atoms with Gasteiger partial charge in [0.05, 0.1) is 5.56 Å². The van der Waals surface area contributed by atoms with Crippen LogP contribution in [0.1, 0.15) is 29.7 Å². The zero-order chi connectivity index (χ0) is 15.0. The van der Waals surface area contributed by atoms with Gasteiger partial charge >= 0.3 is 0 Å². The van der Waals surface area contributed by atoms with Crippen LogP contribution < -0.4 is 10.1 Å². The molecule has 1 heterocycles. The third-order valence-corrected chi connectivity index (χ3v) is 3.97. The van der Waals surface area contributed by atoms with Gasteiger partial charge in [0.15, 0.2) is 0 Å². The number of hydrogen-bond donors (Lipinski definition) is 1. The molecule has 3 rings (SSSR count). The van der Waals surface area contributed by atoms with Gasteiger partial charge in [0.25, 0.3) is 0 Å². The molecule has 0 aliphatic carbocycles. The van der Waals surface area contributed by atoms with E-state index in [1.807, 2.05) is 6.07 Å². The Morgan fingerprint density at radius 3 is 2.57 bits per heavy atom. The minimum atomic E-state index is -0.669. The highest BCUT2D eigenvalue weighted by Gasteiger charge is 2.31. The van der Waals surface area contributed by atoms with Gasteiger partial charge in [-0.2, -0.15) is 0 Å². The van der Waals surface area contributed by atoms with Gasteiger partial charge in [0.1, 0.15) is 23.5 Å². The monoisotopic (exact) mass is 309 g/mol. The number of fused-ring (bicyclic) bond motifs is 1. The van der Waals surface area contributed by atoms with E-state index < -0.39 is 17.7 Å². The number of benzene rings is 2. The molecule has 0 saturated carbocycles.